The van der Waals surface area contributed by atoms with Gasteiger partial charge in [-0.1, -0.05) is 5.92 Å². The van der Waals surface area contributed by atoms with Crippen LogP contribution in [0.4, 0.5) is 0 Å². The van der Waals surface area contributed by atoms with Gasteiger partial charge in [-0.25, -0.2) is 4.79 Å². The van der Waals surface area contributed by atoms with Crippen molar-refractivity contribution in [2.24, 2.45) is 0 Å². The number of methoxy groups -OCH3 is 1. The minimum absolute atomic E-state index is 0.0504. The van der Waals surface area contributed by atoms with Crippen molar-refractivity contribution in [1.29, 1.82) is 0 Å². The summed E-state index contributed by atoms with van der Waals surface area (Å²) in [4.78, 5) is 22.8. The minimum atomic E-state index is -0.809. The lowest BCUT2D eigenvalue weighted by atomic mass is 10.2. The Labute approximate surface area is 110 Å². The molecule has 0 spiro atoms. The summed E-state index contributed by atoms with van der Waals surface area (Å²) in [5.41, 5.74) is -0.0504. The van der Waals surface area contributed by atoms with Crippen molar-refractivity contribution in [3.63, 3.8) is 0 Å². The normalized spacial score (nSPS) is 9.26. The van der Waals surface area contributed by atoms with Crippen molar-refractivity contribution in [2.45, 2.75) is 0 Å². The lowest BCUT2D eigenvalue weighted by molar-refractivity contribution is -0.123. The van der Waals surface area contributed by atoms with E-state index in [-0.39, 0.29) is 17.9 Å². The fraction of sp³-hybridized carbons (Fsp3) is 0.231. The molecule has 0 unspecified atom stereocenters. The van der Waals surface area contributed by atoms with Crippen LogP contribution in [0.15, 0.2) is 18.2 Å². The van der Waals surface area contributed by atoms with Crippen LogP contribution in [-0.2, 0) is 9.53 Å². The molecule has 1 aromatic rings. The molecule has 0 aliphatic heterocycles. The summed E-state index contributed by atoms with van der Waals surface area (Å²) in [6.45, 7) is -0.407. The van der Waals surface area contributed by atoms with Gasteiger partial charge in [0.15, 0.2) is 6.61 Å². The first-order valence-corrected chi connectivity index (χ1v) is 5.32. The molecule has 0 atom stereocenters. The maximum Gasteiger partial charge on any atom is 0.342 e. The number of ether oxygens (including phenoxy) is 2. The fourth-order valence-corrected chi connectivity index (χ4v) is 1.22. The topological polar surface area (TPSA) is 84.9 Å². The summed E-state index contributed by atoms with van der Waals surface area (Å²) in [6.07, 6.45) is 4.95. The van der Waals surface area contributed by atoms with Gasteiger partial charge in [0.1, 0.15) is 17.1 Å². The Kier molecular flexibility index (Phi) is 5.23. The number of carbonyl (C=O) groups excluding carboxylic acids is 2. The predicted molar refractivity (Wildman–Crippen MR) is 66.8 cm³/mol. The Hall–Kier alpha value is -2.68. The van der Waals surface area contributed by atoms with Crippen LogP contribution in [0.3, 0.4) is 0 Å². The molecule has 0 radical (unpaired) electrons. The molecule has 2 N–H and O–H groups in total. The van der Waals surface area contributed by atoms with Crippen molar-refractivity contribution >= 4 is 11.9 Å². The molecule has 0 saturated heterocycles. The van der Waals surface area contributed by atoms with E-state index < -0.39 is 18.5 Å². The van der Waals surface area contributed by atoms with Gasteiger partial charge in [-0.05, 0) is 12.1 Å². The Bertz CT molecular complexity index is 518. The number of esters is 1. The largest absolute Gasteiger partial charge is 0.507 e. The number of amides is 1. The monoisotopic (exact) mass is 263 g/mol. The number of nitrogens with one attached hydrogen (secondary N) is 1. The summed E-state index contributed by atoms with van der Waals surface area (Å²) >= 11 is 0. The standard InChI is InChI=1S/C13H13NO5/c1-3-6-14-12(16)8-19-13(17)10-5-4-9(18-2)7-11(10)15/h1,4-5,7,15H,6,8H2,2H3,(H,14,16). The summed E-state index contributed by atoms with van der Waals surface area (Å²) < 4.78 is 9.60. The van der Waals surface area contributed by atoms with E-state index in [9.17, 15) is 14.7 Å². The van der Waals surface area contributed by atoms with E-state index in [0.29, 0.717) is 5.75 Å². The highest BCUT2D eigenvalue weighted by Gasteiger charge is 2.14. The lowest BCUT2D eigenvalue weighted by Gasteiger charge is -2.07. The molecule has 1 aromatic carbocycles. The molecular weight excluding hydrogens is 250 g/mol. The maximum absolute atomic E-state index is 11.6. The van der Waals surface area contributed by atoms with Crippen molar-refractivity contribution in [1.82, 2.24) is 5.32 Å². The molecule has 0 aromatic heterocycles. The highest BCUT2D eigenvalue weighted by atomic mass is 16.5. The van der Waals surface area contributed by atoms with E-state index in [2.05, 4.69) is 11.2 Å². The van der Waals surface area contributed by atoms with E-state index >= 15 is 0 Å². The summed E-state index contributed by atoms with van der Waals surface area (Å²) in [5.74, 6) is 1.01. The zero-order valence-electron chi connectivity index (χ0n) is 10.3. The summed E-state index contributed by atoms with van der Waals surface area (Å²) in [5, 5.41) is 11.9. The SMILES string of the molecule is C#CCNC(=O)COC(=O)c1ccc(OC)cc1O. The highest BCUT2D eigenvalue weighted by Crippen LogP contribution is 2.23. The van der Waals surface area contributed by atoms with Crippen LogP contribution in [0.5, 0.6) is 11.5 Å². The average Bonchev–Trinajstić information content (AvgIpc) is 2.42. The molecule has 6 heteroatoms. The predicted octanol–water partition coefficient (Wildman–Crippen LogP) is 0.307. The molecule has 6 nitrogen and oxygen atoms in total. The van der Waals surface area contributed by atoms with Crippen molar-refractivity contribution in [2.75, 3.05) is 20.3 Å². The highest BCUT2D eigenvalue weighted by molar-refractivity contribution is 5.94. The van der Waals surface area contributed by atoms with Crippen LogP contribution in [0, 0.1) is 12.3 Å². The Morgan fingerprint density at radius 1 is 1.47 bits per heavy atom. The maximum atomic E-state index is 11.6. The Morgan fingerprint density at radius 2 is 2.21 bits per heavy atom. The average molecular weight is 263 g/mol. The van der Waals surface area contributed by atoms with Gasteiger partial charge in [-0.3, -0.25) is 4.79 Å². The number of hydrogen-bond acceptors (Lipinski definition) is 5. The number of benzene rings is 1. The van der Waals surface area contributed by atoms with Gasteiger partial charge >= 0.3 is 5.97 Å². The second kappa shape index (κ2) is 6.91. The second-order valence-electron chi connectivity index (χ2n) is 3.44. The van der Waals surface area contributed by atoms with Crippen molar-refractivity contribution in [3.8, 4) is 23.8 Å². The van der Waals surface area contributed by atoms with Gasteiger partial charge in [0.05, 0.1) is 13.7 Å². The second-order valence-corrected chi connectivity index (χ2v) is 3.44. The van der Waals surface area contributed by atoms with Crippen molar-refractivity contribution in [3.05, 3.63) is 23.8 Å². The quantitative estimate of drug-likeness (QED) is 0.590. The molecule has 0 heterocycles. The fourth-order valence-electron chi connectivity index (χ4n) is 1.22. The summed E-state index contributed by atoms with van der Waals surface area (Å²) in [7, 11) is 1.43. The lowest BCUT2D eigenvalue weighted by Crippen LogP contribution is -2.29. The number of aromatic hydroxyl groups is 1. The van der Waals surface area contributed by atoms with Crippen LogP contribution in [-0.4, -0.2) is 37.2 Å². The van der Waals surface area contributed by atoms with Gasteiger partial charge in [0.25, 0.3) is 5.91 Å². The third-order valence-corrected chi connectivity index (χ3v) is 2.15. The molecule has 1 amide bonds. The third-order valence-electron chi connectivity index (χ3n) is 2.15. The molecule has 0 fully saturated rings. The first-order valence-electron chi connectivity index (χ1n) is 5.32. The molecule has 19 heavy (non-hydrogen) atoms. The number of phenols is 1. The molecule has 0 aliphatic rings. The first kappa shape index (κ1) is 14.4. The van der Waals surface area contributed by atoms with Gasteiger partial charge in [0.2, 0.25) is 0 Å². The van der Waals surface area contributed by atoms with E-state index in [1.807, 2.05) is 0 Å². The molecule has 100 valence electrons. The van der Waals surface area contributed by atoms with E-state index in [1.165, 1.54) is 25.3 Å². The minimum Gasteiger partial charge on any atom is -0.507 e. The van der Waals surface area contributed by atoms with Crippen molar-refractivity contribution < 1.29 is 24.2 Å². The van der Waals surface area contributed by atoms with Gasteiger partial charge in [-0.15, -0.1) is 6.42 Å². The Balaban J connectivity index is 2.59. The number of carbonyl (C=O) groups is 2. The number of rotatable bonds is 5. The molecule has 0 saturated carbocycles. The van der Waals surface area contributed by atoms with E-state index in [4.69, 9.17) is 15.9 Å². The van der Waals surface area contributed by atoms with Crippen LogP contribution >= 0.6 is 0 Å². The molecule has 0 aliphatic carbocycles. The van der Waals surface area contributed by atoms with Gasteiger partial charge < -0.3 is 19.9 Å². The molecular formula is C13H13NO5. The third kappa shape index (κ3) is 4.24. The Morgan fingerprint density at radius 3 is 2.79 bits per heavy atom. The number of phenolic OH excluding ortho intramolecular Hbond substituents is 1. The number of hydrogen-bond donors (Lipinski definition) is 2. The van der Waals surface area contributed by atoms with E-state index in [1.54, 1.807) is 0 Å². The van der Waals surface area contributed by atoms with Gasteiger partial charge in [0, 0.05) is 6.07 Å². The molecule has 0 bridgehead atoms. The molecule has 1 rings (SSSR count). The zero-order valence-corrected chi connectivity index (χ0v) is 10.3. The summed E-state index contributed by atoms with van der Waals surface area (Å²) in [6, 6.07) is 4.11. The van der Waals surface area contributed by atoms with E-state index in [0.717, 1.165) is 0 Å². The van der Waals surface area contributed by atoms with Crippen LogP contribution in [0.1, 0.15) is 10.4 Å². The van der Waals surface area contributed by atoms with Crippen LogP contribution in [0.25, 0.3) is 0 Å². The van der Waals surface area contributed by atoms with Gasteiger partial charge in [-0.2, -0.15) is 0 Å². The van der Waals surface area contributed by atoms with Crippen LogP contribution < -0.4 is 10.1 Å². The first-order chi connectivity index (χ1) is 9.08. The smallest absolute Gasteiger partial charge is 0.342 e. The van der Waals surface area contributed by atoms with Crippen LogP contribution in [0.2, 0.25) is 0 Å². The zero-order chi connectivity index (χ0) is 14.3. The number of terminal acetylenes is 1.